The zero-order valence-corrected chi connectivity index (χ0v) is 10.9. The molecule has 0 aromatic rings. The van der Waals surface area contributed by atoms with Gasteiger partial charge < -0.3 is 9.84 Å². The Kier molecular flexibility index (Phi) is 4.80. The summed E-state index contributed by atoms with van der Waals surface area (Å²) in [6.07, 6.45) is 2.42. The van der Waals surface area contributed by atoms with Crippen molar-refractivity contribution in [1.82, 2.24) is 4.90 Å². The molecule has 4 heteroatoms. The van der Waals surface area contributed by atoms with Gasteiger partial charge in [0.05, 0.1) is 13.2 Å². The van der Waals surface area contributed by atoms with Gasteiger partial charge in [0.15, 0.2) is 0 Å². The van der Waals surface area contributed by atoms with E-state index in [4.69, 9.17) is 9.84 Å². The van der Waals surface area contributed by atoms with Crippen molar-refractivity contribution >= 4 is 0 Å². The molecule has 2 rings (SSSR count). The van der Waals surface area contributed by atoms with Crippen molar-refractivity contribution < 1.29 is 42.6 Å². The van der Waals surface area contributed by atoms with Crippen molar-refractivity contribution in [2.45, 2.75) is 12.8 Å². The van der Waals surface area contributed by atoms with Crippen LogP contribution in [-0.2, 0) is 37.4 Å². The van der Waals surface area contributed by atoms with Crippen LogP contribution in [0.15, 0.2) is 0 Å². The van der Waals surface area contributed by atoms with Crippen LogP contribution in [0.1, 0.15) is 12.8 Å². The predicted octanol–water partition coefficient (Wildman–Crippen LogP) is 0.0886. The molecule has 2 fully saturated rings. The molecule has 2 aliphatic rings. The minimum atomic E-state index is 0. The van der Waals surface area contributed by atoms with Crippen LogP contribution in [0.2, 0.25) is 0 Å². The fourth-order valence-corrected chi connectivity index (χ4v) is 1.78. The standard InChI is InChI=1S/C9H17NO2.Y/c11-8-9(1-2-9)7-10-3-5-12-6-4-10;/h11H,1-8H2;. The Morgan fingerprint density at radius 3 is 2.31 bits per heavy atom. The molecular weight excluding hydrogens is 243 g/mol. The van der Waals surface area contributed by atoms with Crippen LogP contribution in [0, 0.1) is 5.41 Å². The summed E-state index contributed by atoms with van der Waals surface area (Å²) in [4.78, 5) is 2.41. The second-order valence-electron chi connectivity index (χ2n) is 4.05. The Morgan fingerprint density at radius 1 is 1.23 bits per heavy atom. The van der Waals surface area contributed by atoms with Crippen molar-refractivity contribution in [2.75, 3.05) is 39.5 Å². The molecule has 73 valence electrons. The van der Waals surface area contributed by atoms with E-state index in [-0.39, 0.29) is 38.1 Å². The van der Waals surface area contributed by atoms with Crippen molar-refractivity contribution in [3.8, 4) is 0 Å². The Labute approximate surface area is 105 Å². The fourth-order valence-electron chi connectivity index (χ4n) is 1.78. The number of aliphatic hydroxyl groups excluding tert-OH is 1. The fraction of sp³-hybridized carbons (Fsp3) is 1.00. The van der Waals surface area contributed by atoms with Gasteiger partial charge >= 0.3 is 0 Å². The zero-order valence-electron chi connectivity index (χ0n) is 8.04. The largest absolute Gasteiger partial charge is 0.396 e. The molecule has 0 spiro atoms. The Balaban J connectivity index is 0.000000845. The van der Waals surface area contributed by atoms with Gasteiger partial charge in [-0.3, -0.25) is 4.90 Å². The number of aliphatic hydroxyl groups is 1. The monoisotopic (exact) mass is 260 g/mol. The number of hydrogen-bond donors (Lipinski definition) is 1. The molecule has 0 bridgehead atoms. The normalized spacial score (nSPS) is 26.5. The summed E-state index contributed by atoms with van der Waals surface area (Å²) < 4.78 is 5.26. The van der Waals surface area contributed by atoms with E-state index in [1.54, 1.807) is 0 Å². The maximum atomic E-state index is 9.13. The molecule has 1 heterocycles. The van der Waals surface area contributed by atoms with Crippen molar-refractivity contribution in [3.05, 3.63) is 0 Å². The van der Waals surface area contributed by atoms with Gasteiger partial charge in [-0.15, -0.1) is 0 Å². The van der Waals surface area contributed by atoms with Crippen LogP contribution in [-0.4, -0.2) is 49.5 Å². The molecule has 0 amide bonds. The third-order valence-electron chi connectivity index (χ3n) is 2.96. The van der Waals surface area contributed by atoms with E-state index in [1.807, 2.05) is 0 Å². The number of rotatable bonds is 3. The van der Waals surface area contributed by atoms with Gasteiger partial charge in [0.25, 0.3) is 0 Å². The SMILES string of the molecule is OCC1(CN2CCOCC2)CC1.[Y]. The summed E-state index contributed by atoms with van der Waals surface area (Å²) in [6.45, 7) is 5.25. The average molecular weight is 260 g/mol. The van der Waals surface area contributed by atoms with Gasteiger partial charge in [0.1, 0.15) is 0 Å². The molecule has 1 N–H and O–H groups in total. The minimum absolute atomic E-state index is 0. The minimum Gasteiger partial charge on any atom is -0.396 e. The molecule has 1 aliphatic heterocycles. The molecule has 1 saturated heterocycles. The Hall–Kier alpha value is 0.984. The van der Waals surface area contributed by atoms with Crippen LogP contribution >= 0.6 is 0 Å². The second kappa shape index (κ2) is 5.17. The van der Waals surface area contributed by atoms with Crippen molar-refractivity contribution in [2.24, 2.45) is 5.41 Å². The average Bonchev–Trinajstić information content (AvgIpc) is 2.88. The number of hydrogen-bond acceptors (Lipinski definition) is 3. The van der Waals surface area contributed by atoms with Crippen LogP contribution in [0.25, 0.3) is 0 Å². The quantitative estimate of drug-likeness (QED) is 0.780. The molecule has 0 aromatic carbocycles. The molecular formula is C9H17NO2Y. The van der Waals surface area contributed by atoms with Gasteiger partial charge in [-0.05, 0) is 12.8 Å². The van der Waals surface area contributed by atoms with E-state index < -0.39 is 0 Å². The molecule has 0 atom stereocenters. The number of ether oxygens (including phenoxy) is 1. The maximum Gasteiger partial charge on any atom is 0.0594 e. The third-order valence-corrected chi connectivity index (χ3v) is 2.96. The summed E-state index contributed by atoms with van der Waals surface area (Å²) in [5.41, 5.74) is 0.275. The molecule has 1 saturated carbocycles. The van der Waals surface area contributed by atoms with Crippen LogP contribution in [0.3, 0.4) is 0 Å². The van der Waals surface area contributed by atoms with Gasteiger partial charge in [-0.2, -0.15) is 0 Å². The van der Waals surface area contributed by atoms with E-state index >= 15 is 0 Å². The van der Waals surface area contributed by atoms with Crippen molar-refractivity contribution in [3.63, 3.8) is 0 Å². The zero-order chi connectivity index (χ0) is 8.44. The summed E-state index contributed by atoms with van der Waals surface area (Å²) >= 11 is 0. The van der Waals surface area contributed by atoms with E-state index in [0.717, 1.165) is 32.8 Å². The topological polar surface area (TPSA) is 32.7 Å². The van der Waals surface area contributed by atoms with Crippen LogP contribution in [0.5, 0.6) is 0 Å². The summed E-state index contributed by atoms with van der Waals surface area (Å²) in [6, 6.07) is 0. The van der Waals surface area contributed by atoms with Crippen molar-refractivity contribution in [1.29, 1.82) is 0 Å². The first-order valence-electron chi connectivity index (χ1n) is 4.76. The Bertz CT molecular complexity index is 156. The van der Waals surface area contributed by atoms with E-state index in [9.17, 15) is 0 Å². The number of morpholine rings is 1. The third kappa shape index (κ3) is 3.24. The van der Waals surface area contributed by atoms with Gasteiger partial charge in [0, 0.05) is 64.4 Å². The smallest absolute Gasteiger partial charge is 0.0594 e. The Morgan fingerprint density at radius 2 is 1.85 bits per heavy atom. The first kappa shape index (κ1) is 12.1. The summed E-state index contributed by atoms with van der Waals surface area (Å²) in [5, 5.41) is 9.13. The molecule has 1 aliphatic carbocycles. The van der Waals surface area contributed by atoms with E-state index in [1.165, 1.54) is 12.8 Å². The first-order chi connectivity index (χ1) is 5.85. The second-order valence-corrected chi connectivity index (χ2v) is 4.05. The van der Waals surface area contributed by atoms with Gasteiger partial charge in [-0.25, -0.2) is 0 Å². The van der Waals surface area contributed by atoms with Crippen LogP contribution < -0.4 is 0 Å². The summed E-state index contributed by atoms with van der Waals surface area (Å²) in [7, 11) is 0. The molecule has 0 unspecified atom stereocenters. The maximum absolute atomic E-state index is 9.13. The first-order valence-corrected chi connectivity index (χ1v) is 4.76. The summed E-state index contributed by atoms with van der Waals surface area (Å²) in [5.74, 6) is 0. The van der Waals surface area contributed by atoms with E-state index in [2.05, 4.69) is 4.90 Å². The van der Waals surface area contributed by atoms with E-state index in [0.29, 0.717) is 6.61 Å². The molecule has 0 aromatic heterocycles. The van der Waals surface area contributed by atoms with Gasteiger partial charge in [0.2, 0.25) is 0 Å². The van der Waals surface area contributed by atoms with Gasteiger partial charge in [-0.1, -0.05) is 0 Å². The number of nitrogens with zero attached hydrogens (tertiary/aromatic N) is 1. The molecule has 1 radical (unpaired) electrons. The molecule has 13 heavy (non-hydrogen) atoms. The predicted molar refractivity (Wildman–Crippen MR) is 46.0 cm³/mol. The molecule has 3 nitrogen and oxygen atoms in total. The van der Waals surface area contributed by atoms with Crippen LogP contribution in [0.4, 0.5) is 0 Å².